The van der Waals surface area contributed by atoms with Gasteiger partial charge in [-0.15, -0.1) is 0 Å². The molecule has 0 aliphatic rings. The SMILES string of the molecule is CCCn1cc(S(=O)(=O)NCC(C)(O)CC)nc1C. The second kappa shape index (κ2) is 6.02. The molecular weight excluding hydrogens is 266 g/mol. The van der Waals surface area contributed by atoms with E-state index in [1.807, 2.05) is 11.5 Å². The van der Waals surface area contributed by atoms with Gasteiger partial charge in [0, 0.05) is 19.3 Å². The molecule has 0 spiro atoms. The number of rotatable bonds is 7. The average Bonchev–Trinajstić information content (AvgIpc) is 2.70. The fourth-order valence-corrected chi connectivity index (χ4v) is 2.69. The van der Waals surface area contributed by atoms with E-state index in [-0.39, 0.29) is 11.6 Å². The Labute approximate surface area is 114 Å². The molecule has 0 fully saturated rings. The molecule has 0 aliphatic carbocycles. The lowest BCUT2D eigenvalue weighted by Gasteiger charge is -2.20. The molecule has 7 heteroatoms. The summed E-state index contributed by atoms with van der Waals surface area (Å²) in [6.45, 7) is 7.90. The number of nitrogens with zero attached hydrogens (tertiary/aromatic N) is 2. The number of aryl methyl sites for hydroxylation is 2. The molecule has 0 aliphatic heterocycles. The van der Waals surface area contributed by atoms with Gasteiger partial charge in [0.1, 0.15) is 5.82 Å². The van der Waals surface area contributed by atoms with E-state index in [4.69, 9.17) is 0 Å². The lowest BCUT2D eigenvalue weighted by Crippen LogP contribution is -2.40. The number of aromatic nitrogens is 2. The second-order valence-electron chi connectivity index (χ2n) is 4.99. The van der Waals surface area contributed by atoms with E-state index in [1.54, 1.807) is 20.8 Å². The molecule has 0 aromatic carbocycles. The Morgan fingerprint density at radius 2 is 2.11 bits per heavy atom. The monoisotopic (exact) mass is 289 g/mol. The van der Waals surface area contributed by atoms with Gasteiger partial charge in [0.2, 0.25) is 0 Å². The van der Waals surface area contributed by atoms with Gasteiger partial charge >= 0.3 is 0 Å². The predicted octanol–water partition coefficient (Wildman–Crippen LogP) is 1.04. The third-order valence-corrected chi connectivity index (χ3v) is 4.37. The molecule has 0 saturated heterocycles. The van der Waals surface area contributed by atoms with Crippen molar-refractivity contribution in [2.24, 2.45) is 0 Å². The average molecular weight is 289 g/mol. The fourth-order valence-electron chi connectivity index (χ4n) is 1.53. The van der Waals surface area contributed by atoms with E-state index in [0.717, 1.165) is 13.0 Å². The normalized spacial score (nSPS) is 15.4. The minimum Gasteiger partial charge on any atom is -0.389 e. The maximum atomic E-state index is 12.1. The van der Waals surface area contributed by atoms with Crippen LogP contribution in [0.4, 0.5) is 0 Å². The van der Waals surface area contributed by atoms with Crippen molar-refractivity contribution < 1.29 is 13.5 Å². The highest BCUT2D eigenvalue weighted by atomic mass is 32.2. The van der Waals surface area contributed by atoms with Crippen LogP contribution in [0.25, 0.3) is 0 Å². The standard InChI is InChI=1S/C12H23N3O3S/c1-5-7-15-8-11(14-10(15)3)19(17,18)13-9-12(4,16)6-2/h8,13,16H,5-7,9H2,1-4H3. The summed E-state index contributed by atoms with van der Waals surface area (Å²) < 4.78 is 28.3. The molecule has 0 amide bonds. The van der Waals surface area contributed by atoms with Gasteiger partial charge < -0.3 is 9.67 Å². The van der Waals surface area contributed by atoms with Gasteiger partial charge in [-0.1, -0.05) is 13.8 Å². The zero-order valence-corrected chi connectivity index (χ0v) is 12.8. The molecule has 1 unspecified atom stereocenters. The highest BCUT2D eigenvalue weighted by Crippen LogP contribution is 2.12. The van der Waals surface area contributed by atoms with E-state index in [2.05, 4.69) is 9.71 Å². The van der Waals surface area contributed by atoms with Crippen molar-refractivity contribution in [1.82, 2.24) is 14.3 Å². The van der Waals surface area contributed by atoms with Crippen molar-refractivity contribution in [3.8, 4) is 0 Å². The van der Waals surface area contributed by atoms with Gasteiger partial charge in [-0.2, -0.15) is 0 Å². The summed E-state index contributed by atoms with van der Waals surface area (Å²) >= 11 is 0. The highest BCUT2D eigenvalue weighted by molar-refractivity contribution is 7.89. The zero-order chi connectivity index (χ0) is 14.7. The summed E-state index contributed by atoms with van der Waals surface area (Å²) in [7, 11) is -3.67. The van der Waals surface area contributed by atoms with Crippen molar-refractivity contribution in [3.63, 3.8) is 0 Å². The van der Waals surface area contributed by atoms with Crippen LogP contribution in [0.2, 0.25) is 0 Å². The fraction of sp³-hybridized carbons (Fsp3) is 0.750. The molecule has 6 nitrogen and oxygen atoms in total. The lowest BCUT2D eigenvalue weighted by molar-refractivity contribution is 0.0613. The Morgan fingerprint density at radius 1 is 1.47 bits per heavy atom. The van der Waals surface area contributed by atoms with E-state index in [1.165, 1.54) is 6.20 Å². The Bertz CT molecular complexity index is 520. The van der Waals surface area contributed by atoms with Gasteiger partial charge in [-0.05, 0) is 26.7 Å². The topological polar surface area (TPSA) is 84.2 Å². The molecule has 0 radical (unpaired) electrons. The first-order chi connectivity index (χ1) is 8.72. The van der Waals surface area contributed by atoms with Crippen LogP contribution in [0.1, 0.15) is 39.4 Å². The number of hydrogen-bond donors (Lipinski definition) is 2. The summed E-state index contributed by atoms with van der Waals surface area (Å²) in [6.07, 6.45) is 2.91. The Morgan fingerprint density at radius 3 is 2.63 bits per heavy atom. The Kier molecular flexibility index (Phi) is 5.11. The first-order valence-corrected chi connectivity index (χ1v) is 7.96. The van der Waals surface area contributed by atoms with Gasteiger partial charge in [-0.3, -0.25) is 0 Å². The molecule has 0 bridgehead atoms. The van der Waals surface area contributed by atoms with E-state index >= 15 is 0 Å². The lowest BCUT2D eigenvalue weighted by atomic mass is 10.1. The van der Waals surface area contributed by atoms with Gasteiger partial charge in [0.25, 0.3) is 10.0 Å². The molecule has 1 atom stereocenters. The number of hydrogen-bond acceptors (Lipinski definition) is 4. The van der Waals surface area contributed by atoms with E-state index in [9.17, 15) is 13.5 Å². The molecule has 1 aromatic rings. The minimum absolute atomic E-state index is 0.00496. The Hall–Kier alpha value is -0.920. The summed E-state index contributed by atoms with van der Waals surface area (Å²) in [4.78, 5) is 4.06. The molecule has 1 heterocycles. The molecule has 1 rings (SSSR count). The smallest absolute Gasteiger partial charge is 0.259 e. The predicted molar refractivity (Wildman–Crippen MR) is 73.4 cm³/mol. The van der Waals surface area contributed by atoms with Crippen LogP contribution < -0.4 is 4.72 Å². The van der Waals surface area contributed by atoms with Crippen LogP contribution in [0.15, 0.2) is 11.2 Å². The van der Waals surface area contributed by atoms with Gasteiger partial charge in [-0.25, -0.2) is 18.1 Å². The molecule has 19 heavy (non-hydrogen) atoms. The maximum Gasteiger partial charge on any atom is 0.259 e. The van der Waals surface area contributed by atoms with Crippen molar-refractivity contribution >= 4 is 10.0 Å². The first-order valence-electron chi connectivity index (χ1n) is 6.47. The molecular formula is C12H23N3O3S. The van der Waals surface area contributed by atoms with E-state index < -0.39 is 15.6 Å². The highest BCUT2D eigenvalue weighted by Gasteiger charge is 2.24. The van der Waals surface area contributed by atoms with Gasteiger partial charge in [0.15, 0.2) is 5.03 Å². The van der Waals surface area contributed by atoms with Crippen LogP contribution >= 0.6 is 0 Å². The van der Waals surface area contributed by atoms with Crippen LogP contribution in [0, 0.1) is 6.92 Å². The molecule has 2 N–H and O–H groups in total. The largest absolute Gasteiger partial charge is 0.389 e. The van der Waals surface area contributed by atoms with Crippen LogP contribution in [0.3, 0.4) is 0 Å². The summed E-state index contributed by atoms with van der Waals surface area (Å²) in [5.41, 5.74) is -1.05. The number of aliphatic hydroxyl groups is 1. The molecule has 1 aromatic heterocycles. The summed E-state index contributed by atoms with van der Waals surface area (Å²) in [6, 6.07) is 0. The summed E-state index contributed by atoms with van der Waals surface area (Å²) in [5, 5.41) is 9.83. The van der Waals surface area contributed by atoms with Crippen LogP contribution in [-0.2, 0) is 16.6 Å². The van der Waals surface area contributed by atoms with E-state index in [0.29, 0.717) is 12.2 Å². The number of imidazole rings is 1. The quantitative estimate of drug-likeness (QED) is 0.785. The maximum absolute atomic E-state index is 12.1. The summed E-state index contributed by atoms with van der Waals surface area (Å²) in [5.74, 6) is 0.671. The van der Waals surface area contributed by atoms with Gasteiger partial charge in [0.05, 0.1) is 5.60 Å². The Balaban J connectivity index is 2.86. The molecule has 110 valence electrons. The second-order valence-corrected chi connectivity index (χ2v) is 6.71. The third kappa shape index (κ3) is 4.29. The van der Waals surface area contributed by atoms with Crippen molar-refractivity contribution in [2.45, 2.75) is 57.7 Å². The van der Waals surface area contributed by atoms with Crippen LogP contribution in [-0.4, -0.2) is 35.2 Å². The van der Waals surface area contributed by atoms with Crippen molar-refractivity contribution in [1.29, 1.82) is 0 Å². The zero-order valence-electron chi connectivity index (χ0n) is 12.0. The molecule has 0 saturated carbocycles. The third-order valence-electron chi connectivity index (χ3n) is 3.10. The van der Waals surface area contributed by atoms with Crippen LogP contribution in [0.5, 0.6) is 0 Å². The number of nitrogens with one attached hydrogen (secondary N) is 1. The first kappa shape index (κ1) is 16.1. The minimum atomic E-state index is -3.67. The van der Waals surface area contributed by atoms with Crippen molar-refractivity contribution in [2.75, 3.05) is 6.54 Å². The number of sulfonamides is 1. The van der Waals surface area contributed by atoms with Crippen molar-refractivity contribution in [3.05, 3.63) is 12.0 Å².